The number of nitrogens with one attached hydrogen (secondary N) is 3. The molecule has 1 saturated heterocycles. The highest BCUT2D eigenvalue weighted by molar-refractivity contribution is 7.90. The molecule has 0 bridgehead atoms. The fourth-order valence-corrected chi connectivity index (χ4v) is 4.97. The molecule has 0 spiro atoms. The van der Waals surface area contributed by atoms with Gasteiger partial charge in [0.2, 0.25) is 0 Å². The lowest BCUT2D eigenvalue weighted by Gasteiger charge is -2.28. The molecular weight excluding hydrogens is 380 g/mol. The Kier molecular flexibility index (Phi) is 4.94. The average Bonchev–Trinajstić information content (AvgIpc) is 2.68. The van der Waals surface area contributed by atoms with Crippen LogP contribution in [0.25, 0.3) is 0 Å². The van der Waals surface area contributed by atoms with Gasteiger partial charge in [-0.15, -0.1) is 0 Å². The van der Waals surface area contributed by atoms with Gasteiger partial charge in [0.15, 0.2) is 0 Å². The van der Waals surface area contributed by atoms with Crippen LogP contribution in [0.15, 0.2) is 35.1 Å². The summed E-state index contributed by atoms with van der Waals surface area (Å²) < 4.78 is 28.0. The lowest BCUT2D eigenvalue weighted by atomic mass is 9.95. The summed E-state index contributed by atoms with van der Waals surface area (Å²) in [5.41, 5.74) is 2.67. The highest BCUT2D eigenvalue weighted by atomic mass is 32.2. The summed E-state index contributed by atoms with van der Waals surface area (Å²) in [4.78, 5) is 27.6. The zero-order valence-corrected chi connectivity index (χ0v) is 16.1. The molecule has 0 radical (unpaired) electrons. The van der Waals surface area contributed by atoms with E-state index in [1.807, 2.05) is 0 Å². The van der Waals surface area contributed by atoms with Gasteiger partial charge in [0.1, 0.15) is 5.56 Å². The Balaban J connectivity index is 1.52. The van der Waals surface area contributed by atoms with Crippen molar-refractivity contribution in [3.05, 3.63) is 57.5 Å². The number of anilines is 2. The Labute approximate surface area is 163 Å². The van der Waals surface area contributed by atoms with Gasteiger partial charge in [0.25, 0.3) is 11.5 Å². The number of nitrogens with zero attached hydrogens (tertiary/aromatic N) is 1. The molecule has 2 aliphatic rings. The summed E-state index contributed by atoms with van der Waals surface area (Å²) in [6, 6.07) is 8.21. The number of aromatic amines is 1. The van der Waals surface area contributed by atoms with Crippen molar-refractivity contribution in [2.45, 2.75) is 32.1 Å². The normalized spacial score (nSPS) is 18.4. The van der Waals surface area contributed by atoms with Crippen molar-refractivity contribution >= 4 is 27.5 Å². The van der Waals surface area contributed by atoms with E-state index in [1.165, 1.54) is 4.31 Å². The Morgan fingerprint density at radius 3 is 2.57 bits per heavy atom. The molecule has 1 aromatic carbocycles. The zero-order chi connectivity index (χ0) is 19.7. The molecule has 2 aromatic rings. The van der Waals surface area contributed by atoms with Crippen LogP contribution in [0.5, 0.6) is 0 Å². The lowest BCUT2D eigenvalue weighted by Crippen LogP contribution is -2.47. The van der Waals surface area contributed by atoms with Crippen LogP contribution in [0.4, 0.5) is 11.4 Å². The van der Waals surface area contributed by atoms with Gasteiger partial charge in [-0.3, -0.25) is 13.9 Å². The van der Waals surface area contributed by atoms with E-state index in [1.54, 1.807) is 30.3 Å². The first-order valence-corrected chi connectivity index (χ1v) is 10.8. The molecule has 3 N–H and O–H groups in total. The van der Waals surface area contributed by atoms with Crippen molar-refractivity contribution in [3.63, 3.8) is 0 Å². The van der Waals surface area contributed by atoms with Gasteiger partial charge in [-0.25, -0.2) is 0 Å². The summed E-state index contributed by atoms with van der Waals surface area (Å²) in [5.74, 6) is -0.477. The maximum absolute atomic E-state index is 12.6. The van der Waals surface area contributed by atoms with Gasteiger partial charge >= 0.3 is 10.2 Å². The van der Waals surface area contributed by atoms with Crippen LogP contribution in [0.1, 0.15) is 40.9 Å². The minimum absolute atomic E-state index is 0.0903. The monoisotopic (exact) mass is 402 g/mol. The molecule has 1 aromatic heterocycles. The third kappa shape index (κ3) is 3.67. The molecule has 1 amide bonds. The second kappa shape index (κ2) is 7.40. The van der Waals surface area contributed by atoms with Gasteiger partial charge in [0, 0.05) is 24.5 Å². The summed E-state index contributed by atoms with van der Waals surface area (Å²) in [6.07, 6.45) is 4.51. The summed E-state index contributed by atoms with van der Waals surface area (Å²) in [5, 5.41) is 2.71. The van der Waals surface area contributed by atoms with Crippen LogP contribution in [0.2, 0.25) is 0 Å². The van der Waals surface area contributed by atoms with E-state index in [0.717, 1.165) is 43.4 Å². The van der Waals surface area contributed by atoms with E-state index >= 15 is 0 Å². The minimum Gasteiger partial charge on any atom is -0.325 e. The van der Waals surface area contributed by atoms with Gasteiger partial charge in [0.05, 0.1) is 5.69 Å². The Morgan fingerprint density at radius 1 is 1.07 bits per heavy atom. The summed E-state index contributed by atoms with van der Waals surface area (Å²) in [6.45, 7) is 0.841. The molecule has 2 heterocycles. The fraction of sp³-hybridized carbons (Fsp3) is 0.368. The first-order valence-electron chi connectivity index (χ1n) is 9.38. The van der Waals surface area contributed by atoms with Crippen molar-refractivity contribution in [2.24, 2.45) is 0 Å². The molecule has 1 aliphatic carbocycles. The highest BCUT2D eigenvalue weighted by Gasteiger charge is 2.25. The van der Waals surface area contributed by atoms with Crippen molar-refractivity contribution in [1.29, 1.82) is 0 Å². The number of rotatable bonds is 3. The first kappa shape index (κ1) is 18.7. The second-order valence-electron chi connectivity index (χ2n) is 7.05. The number of fused-ring (bicyclic) bond motifs is 1. The van der Waals surface area contributed by atoms with Crippen molar-refractivity contribution in [2.75, 3.05) is 22.7 Å². The second-order valence-corrected chi connectivity index (χ2v) is 8.73. The number of hydrogen-bond acceptors (Lipinski definition) is 4. The third-order valence-corrected chi connectivity index (χ3v) is 6.65. The van der Waals surface area contributed by atoms with E-state index in [-0.39, 0.29) is 11.1 Å². The van der Waals surface area contributed by atoms with Crippen LogP contribution >= 0.6 is 0 Å². The minimum atomic E-state index is -3.52. The Morgan fingerprint density at radius 2 is 1.82 bits per heavy atom. The number of carbonyl (C=O) groups is 1. The number of aromatic nitrogens is 1. The van der Waals surface area contributed by atoms with Gasteiger partial charge < -0.3 is 10.3 Å². The number of carbonyl (C=O) groups excluding carboxylic acids is 1. The maximum Gasteiger partial charge on any atom is 0.301 e. The molecule has 28 heavy (non-hydrogen) atoms. The van der Waals surface area contributed by atoms with E-state index in [0.29, 0.717) is 24.5 Å². The summed E-state index contributed by atoms with van der Waals surface area (Å²) >= 11 is 0. The van der Waals surface area contributed by atoms with E-state index in [4.69, 9.17) is 0 Å². The van der Waals surface area contributed by atoms with Crippen LogP contribution in [0.3, 0.4) is 0 Å². The standard InChI is InChI=1S/C19H22N4O4S/c24-18(16-12-13-4-1-2-5-17(13)22-19(16)25)21-14-6-8-15(9-7-14)23-11-3-10-20-28(23,26)27/h6-9,12,20H,1-5,10-11H2,(H,21,24)(H,22,25). The predicted octanol–water partition coefficient (Wildman–Crippen LogP) is 1.55. The molecule has 1 fully saturated rings. The first-order chi connectivity index (χ1) is 13.4. The average molecular weight is 402 g/mol. The maximum atomic E-state index is 12.6. The van der Waals surface area contributed by atoms with Gasteiger partial charge in [-0.1, -0.05) is 0 Å². The number of amides is 1. The lowest BCUT2D eigenvalue weighted by molar-refractivity contribution is 0.102. The van der Waals surface area contributed by atoms with Crippen LogP contribution < -0.4 is 19.9 Å². The Bertz CT molecular complexity index is 1060. The van der Waals surface area contributed by atoms with Crippen molar-refractivity contribution in [3.8, 4) is 0 Å². The molecule has 0 atom stereocenters. The van der Waals surface area contributed by atoms with E-state index < -0.39 is 16.1 Å². The highest BCUT2D eigenvalue weighted by Crippen LogP contribution is 2.23. The largest absolute Gasteiger partial charge is 0.325 e. The van der Waals surface area contributed by atoms with Gasteiger partial charge in [-0.2, -0.15) is 13.1 Å². The molecular formula is C19H22N4O4S. The molecule has 0 unspecified atom stereocenters. The number of aryl methyl sites for hydroxylation is 2. The van der Waals surface area contributed by atoms with E-state index in [2.05, 4.69) is 15.0 Å². The van der Waals surface area contributed by atoms with Crippen LogP contribution in [-0.4, -0.2) is 32.4 Å². The number of pyridine rings is 1. The van der Waals surface area contributed by atoms with Crippen LogP contribution in [0, 0.1) is 0 Å². The summed E-state index contributed by atoms with van der Waals surface area (Å²) in [7, 11) is -3.52. The fourth-order valence-electron chi connectivity index (χ4n) is 3.64. The number of hydrogen-bond donors (Lipinski definition) is 3. The Hall–Kier alpha value is -2.65. The number of H-pyrrole nitrogens is 1. The predicted molar refractivity (Wildman–Crippen MR) is 107 cm³/mol. The van der Waals surface area contributed by atoms with Crippen molar-refractivity contribution < 1.29 is 13.2 Å². The topological polar surface area (TPSA) is 111 Å². The SMILES string of the molecule is O=C(Nc1ccc(N2CCCNS2(=O)=O)cc1)c1cc2c([nH]c1=O)CCCC2. The van der Waals surface area contributed by atoms with Crippen molar-refractivity contribution in [1.82, 2.24) is 9.71 Å². The van der Waals surface area contributed by atoms with E-state index in [9.17, 15) is 18.0 Å². The zero-order valence-electron chi connectivity index (χ0n) is 15.3. The molecule has 0 saturated carbocycles. The molecule has 148 valence electrons. The smallest absolute Gasteiger partial charge is 0.301 e. The molecule has 9 heteroatoms. The van der Waals surface area contributed by atoms with Gasteiger partial charge in [-0.05, 0) is 68.0 Å². The quantitative estimate of drug-likeness (QED) is 0.723. The van der Waals surface area contributed by atoms with Crippen LogP contribution in [-0.2, 0) is 23.1 Å². The molecule has 8 nitrogen and oxygen atoms in total. The molecule has 4 rings (SSSR count). The third-order valence-electron chi connectivity index (χ3n) is 5.11. The molecule has 1 aliphatic heterocycles. The number of benzene rings is 1.